The lowest BCUT2D eigenvalue weighted by atomic mass is 9.97. The Morgan fingerprint density at radius 2 is 1.73 bits per heavy atom. The summed E-state index contributed by atoms with van der Waals surface area (Å²) in [6, 6.07) is 9.35. The van der Waals surface area contributed by atoms with Gasteiger partial charge in [-0.15, -0.1) is 0 Å². The number of esters is 1. The highest BCUT2D eigenvalue weighted by molar-refractivity contribution is 5.92. The second-order valence-electron chi connectivity index (χ2n) is 4.49. The van der Waals surface area contributed by atoms with Crippen LogP contribution in [0.5, 0.6) is 5.75 Å². The summed E-state index contributed by atoms with van der Waals surface area (Å²) in [7, 11) is 2.57. The van der Waals surface area contributed by atoms with Gasteiger partial charge in [-0.3, -0.25) is 0 Å². The van der Waals surface area contributed by atoms with Gasteiger partial charge in [-0.1, -0.05) is 18.2 Å². The number of ether oxygens (including phenoxy) is 2. The number of alkyl halides is 3. The zero-order valence-corrected chi connectivity index (χ0v) is 11.9. The van der Waals surface area contributed by atoms with Crippen LogP contribution in [0, 0.1) is 0 Å². The van der Waals surface area contributed by atoms with Gasteiger partial charge in [0.25, 0.3) is 0 Å². The molecule has 0 radical (unpaired) electrons. The fraction of sp³-hybridized carbons (Fsp3) is 0.188. The van der Waals surface area contributed by atoms with Crippen molar-refractivity contribution in [2.75, 3.05) is 14.2 Å². The zero-order chi connectivity index (χ0) is 16.3. The molecule has 2 rings (SSSR count). The van der Waals surface area contributed by atoms with Crippen molar-refractivity contribution >= 4 is 5.97 Å². The first-order valence-electron chi connectivity index (χ1n) is 6.31. The maximum Gasteiger partial charge on any atom is 0.417 e. The van der Waals surface area contributed by atoms with Crippen LogP contribution in [-0.2, 0) is 10.9 Å². The van der Waals surface area contributed by atoms with Crippen LogP contribution in [0.25, 0.3) is 11.1 Å². The molecule has 3 nitrogen and oxygen atoms in total. The third kappa shape index (κ3) is 3.21. The first kappa shape index (κ1) is 15.9. The van der Waals surface area contributed by atoms with Gasteiger partial charge >= 0.3 is 12.1 Å². The third-order valence-electron chi connectivity index (χ3n) is 3.11. The number of halogens is 3. The first-order chi connectivity index (χ1) is 10.4. The minimum atomic E-state index is -4.49. The highest BCUT2D eigenvalue weighted by atomic mass is 19.4. The van der Waals surface area contributed by atoms with Crippen LogP contribution >= 0.6 is 0 Å². The monoisotopic (exact) mass is 310 g/mol. The van der Waals surface area contributed by atoms with Crippen molar-refractivity contribution in [2.45, 2.75) is 6.18 Å². The van der Waals surface area contributed by atoms with E-state index in [1.807, 2.05) is 0 Å². The summed E-state index contributed by atoms with van der Waals surface area (Å²) in [6.07, 6.45) is -4.49. The standard InChI is InChI=1S/C16H13F3O3/c1-21-12-8-10(7-11(9-12)15(20)22-2)13-5-3-4-6-14(13)16(17,18)19/h3-9H,1-2H3. The Balaban J connectivity index is 2.65. The van der Waals surface area contributed by atoms with Crippen LogP contribution in [-0.4, -0.2) is 20.2 Å². The molecule has 116 valence electrons. The summed E-state index contributed by atoms with van der Waals surface area (Å²) in [4.78, 5) is 11.6. The van der Waals surface area contributed by atoms with Gasteiger partial charge in [0.05, 0.1) is 25.3 Å². The molecule has 0 bridgehead atoms. The molecular weight excluding hydrogens is 297 g/mol. The number of rotatable bonds is 3. The fourth-order valence-corrected chi connectivity index (χ4v) is 2.09. The molecule has 0 unspecified atom stereocenters. The van der Waals surface area contributed by atoms with Crippen molar-refractivity contribution in [1.82, 2.24) is 0 Å². The van der Waals surface area contributed by atoms with E-state index in [4.69, 9.17) is 4.74 Å². The second kappa shape index (κ2) is 6.09. The Morgan fingerprint density at radius 3 is 2.32 bits per heavy atom. The van der Waals surface area contributed by atoms with Gasteiger partial charge in [-0.05, 0) is 35.4 Å². The maximum atomic E-state index is 13.1. The predicted molar refractivity (Wildman–Crippen MR) is 74.8 cm³/mol. The summed E-state index contributed by atoms with van der Waals surface area (Å²) in [6.45, 7) is 0. The Morgan fingerprint density at radius 1 is 1.05 bits per heavy atom. The minimum Gasteiger partial charge on any atom is -0.497 e. The van der Waals surface area contributed by atoms with Gasteiger partial charge in [-0.2, -0.15) is 13.2 Å². The van der Waals surface area contributed by atoms with Gasteiger partial charge in [-0.25, -0.2) is 4.79 Å². The average molecular weight is 310 g/mol. The smallest absolute Gasteiger partial charge is 0.417 e. The average Bonchev–Trinajstić information content (AvgIpc) is 2.52. The molecule has 0 aliphatic rings. The highest BCUT2D eigenvalue weighted by Gasteiger charge is 2.33. The van der Waals surface area contributed by atoms with Crippen LogP contribution in [0.3, 0.4) is 0 Å². The maximum absolute atomic E-state index is 13.1. The Hall–Kier alpha value is -2.50. The lowest BCUT2D eigenvalue weighted by Crippen LogP contribution is -2.07. The molecule has 0 aromatic heterocycles. The van der Waals surface area contributed by atoms with Crippen molar-refractivity contribution in [3.63, 3.8) is 0 Å². The van der Waals surface area contributed by atoms with Crippen molar-refractivity contribution in [1.29, 1.82) is 0 Å². The van der Waals surface area contributed by atoms with E-state index in [9.17, 15) is 18.0 Å². The summed E-state index contributed by atoms with van der Waals surface area (Å²) >= 11 is 0. The number of hydrogen-bond donors (Lipinski definition) is 0. The summed E-state index contributed by atoms with van der Waals surface area (Å²) in [5, 5.41) is 0. The van der Waals surface area contributed by atoms with E-state index >= 15 is 0 Å². The van der Waals surface area contributed by atoms with Crippen molar-refractivity contribution in [3.05, 3.63) is 53.6 Å². The van der Waals surface area contributed by atoms with Gasteiger partial charge in [0.1, 0.15) is 5.75 Å². The summed E-state index contributed by atoms with van der Waals surface area (Å²) in [5.74, 6) is -0.375. The van der Waals surface area contributed by atoms with E-state index in [0.717, 1.165) is 6.07 Å². The molecule has 0 saturated heterocycles. The second-order valence-corrected chi connectivity index (χ2v) is 4.49. The van der Waals surface area contributed by atoms with E-state index in [1.54, 1.807) is 0 Å². The lowest BCUT2D eigenvalue weighted by molar-refractivity contribution is -0.137. The molecule has 0 atom stereocenters. The number of methoxy groups -OCH3 is 2. The molecular formula is C16H13F3O3. The zero-order valence-electron chi connectivity index (χ0n) is 11.9. The van der Waals surface area contributed by atoms with Crippen LogP contribution in [0.15, 0.2) is 42.5 Å². The van der Waals surface area contributed by atoms with Gasteiger partial charge in [0, 0.05) is 0 Å². The molecule has 22 heavy (non-hydrogen) atoms. The molecule has 0 N–H and O–H groups in total. The molecule has 0 aliphatic heterocycles. The van der Waals surface area contributed by atoms with Gasteiger partial charge < -0.3 is 9.47 Å². The summed E-state index contributed by atoms with van der Waals surface area (Å²) in [5.41, 5.74) is -0.459. The molecule has 2 aromatic rings. The van der Waals surface area contributed by atoms with Crippen LogP contribution in [0.2, 0.25) is 0 Å². The van der Waals surface area contributed by atoms with Gasteiger partial charge in [0.15, 0.2) is 0 Å². The molecule has 0 spiro atoms. The number of benzene rings is 2. The van der Waals surface area contributed by atoms with E-state index in [2.05, 4.69) is 4.74 Å². The first-order valence-corrected chi connectivity index (χ1v) is 6.31. The summed E-state index contributed by atoms with van der Waals surface area (Å²) < 4.78 is 49.0. The lowest BCUT2D eigenvalue weighted by Gasteiger charge is -2.14. The number of carbonyl (C=O) groups excluding carboxylic acids is 1. The highest BCUT2D eigenvalue weighted by Crippen LogP contribution is 2.38. The SMILES string of the molecule is COC(=O)c1cc(OC)cc(-c2ccccc2C(F)(F)F)c1. The Labute approximate surface area is 125 Å². The number of carbonyl (C=O) groups is 1. The molecule has 6 heteroatoms. The van der Waals surface area contributed by atoms with E-state index in [-0.39, 0.29) is 22.4 Å². The van der Waals surface area contributed by atoms with Gasteiger partial charge in [0.2, 0.25) is 0 Å². The Kier molecular flexibility index (Phi) is 4.40. The molecule has 0 saturated carbocycles. The van der Waals surface area contributed by atoms with E-state index in [0.29, 0.717) is 0 Å². The topological polar surface area (TPSA) is 35.5 Å². The third-order valence-corrected chi connectivity index (χ3v) is 3.11. The molecule has 0 fully saturated rings. The van der Waals surface area contributed by atoms with Crippen LogP contribution < -0.4 is 4.74 Å². The minimum absolute atomic E-state index is 0.0287. The van der Waals surface area contributed by atoms with Crippen LogP contribution in [0.4, 0.5) is 13.2 Å². The normalized spacial score (nSPS) is 11.1. The molecule has 2 aromatic carbocycles. The van der Waals surface area contributed by atoms with E-state index in [1.165, 1.54) is 50.6 Å². The van der Waals surface area contributed by atoms with Crippen molar-refractivity contribution < 1.29 is 27.4 Å². The molecule has 0 heterocycles. The number of hydrogen-bond acceptors (Lipinski definition) is 3. The van der Waals surface area contributed by atoms with Crippen LogP contribution in [0.1, 0.15) is 15.9 Å². The molecule has 0 aliphatic carbocycles. The largest absolute Gasteiger partial charge is 0.497 e. The molecule has 0 amide bonds. The van der Waals surface area contributed by atoms with E-state index < -0.39 is 17.7 Å². The fourth-order valence-electron chi connectivity index (χ4n) is 2.09. The quantitative estimate of drug-likeness (QED) is 0.798. The van der Waals surface area contributed by atoms with Crippen molar-refractivity contribution in [3.8, 4) is 16.9 Å². The van der Waals surface area contributed by atoms with Crippen molar-refractivity contribution in [2.24, 2.45) is 0 Å². The Bertz CT molecular complexity index is 693. The predicted octanol–water partition coefficient (Wildman–Crippen LogP) is 4.17.